The number of primary amides is 2. The van der Waals surface area contributed by atoms with Crippen LogP contribution in [0, 0.1) is 5.92 Å². The SMILES string of the molecule is CC(C)[C@H](NC(=O)[C@H](CC(=O)O)NC(=O)[C@@H](NC(=O)[C@H](CCC(=O)O)NC(=O)[C@H](CCC(N)=O)NC(=O)[C@@H](N)CCCCN)[C@@H](C)O)C(=O)N[C@@H](Cc1cnc[nH]1)C(=O)N[C@@H](Cc1ccccc1)C(=O)N[C@@H](CC(N)=O)C(=O)O. The van der Waals surface area contributed by atoms with Crippen LogP contribution >= 0.6 is 0 Å². The zero-order chi connectivity index (χ0) is 59.5. The van der Waals surface area contributed by atoms with Crippen molar-refractivity contribution in [1.82, 2.24) is 52.5 Å². The van der Waals surface area contributed by atoms with E-state index in [1.807, 2.05) is 0 Å². The van der Waals surface area contributed by atoms with Crippen molar-refractivity contribution in [3.05, 3.63) is 54.1 Å². The van der Waals surface area contributed by atoms with Gasteiger partial charge in [-0.15, -0.1) is 0 Å². The maximum absolute atomic E-state index is 14.1. The van der Waals surface area contributed by atoms with Gasteiger partial charge in [-0.05, 0) is 50.6 Å². The van der Waals surface area contributed by atoms with Crippen LogP contribution in [0.5, 0.6) is 0 Å². The lowest BCUT2D eigenvalue weighted by atomic mass is 10.0. The van der Waals surface area contributed by atoms with Crippen LogP contribution in [0.2, 0.25) is 0 Å². The largest absolute Gasteiger partial charge is 0.481 e. The van der Waals surface area contributed by atoms with Crippen LogP contribution in [-0.4, -0.2) is 174 Å². The van der Waals surface area contributed by atoms with Crippen molar-refractivity contribution in [2.24, 2.45) is 28.9 Å². The van der Waals surface area contributed by atoms with Crippen molar-refractivity contribution < 1.29 is 82.8 Å². The first-order chi connectivity index (χ1) is 37.1. The molecule has 0 aliphatic carbocycles. The molecule has 21 N–H and O–H groups in total. The van der Waals surface area contributed by atoms with Gasteiger partial charge in [-0.3, -0.25) is 57.5 Å². The first kappa shape index (κ1) is 66.5. The second kappa shape index (κ2) is 33.5. The summed E-state index contributed by atoms with van der Waals surface area (Å²) in [5.74, 6) is -16.4. The number of carbonyl (C=O) groups is 13. The highest BCUT2D eigenvalue weighted by atomic mass is 16.4. The fourth-order valence-corrected chi connectivity index (χ4v) is 7.47. The van der Waals surface area contributed by atoms with Gasteiger partial charge in [-0.1, -0.05) is 50.6 Å². The van der Waals surface area contributed by atoms with Crippen LogP contribution in [0.3, 0.4) is 0 Å². The van der Waals surface area contributed by atoms with E-state index >= 15 is 0 Å². The molecule has 0 saturated carbocycles. The smallest absolute Gasteiger partial charge is 0.326 e. The molecule has 10 atom stereocenters. The number of hydrogen-bond acceptors (Lipinski definition) is 17. The van der Waals surface area contributed by atoms with Gasteiger partial charge in [0.15, 0.2) is 0 Å². The number of imidazole rings is 1. The summed E-state index contributed by atoms with van der Waals surface area (Å²) in [4.78, 5) is 175. The molecular formula is C48H72N14O17. The Kier molecular flexibility index (Phi) is 28.3. The Morgan fingerprint density at radius 3 is 1.56 bits per heavy atom. The van der Waals surface area contributed by atoms with Crippen LogP contribution in [0.1, 0.15) is 89.8 Å². The number of aliphatic carboxylic acids is 3. The Morgan fingerprint density at radius 1 is 0.544 bits per heavy atom. The molecule has 2 aromatic rings. The average molecular weight is 1120 g/mol. The van der Waals surface area contributed by atoms with Crippen molar-refractivity contribution in [2.75, 3.05) is 6.54 Å². The quantitative estimate of drug-likeness (QED) is 0.0280. The number of carboxylic acid groups (broad SMARTS) is 3. The molecule has 0 bridgehead atoms. The fraction of sp³-hybridized carbons (Fsp3) is 0.542. The summed E-state index contributed by atoms with van der Waals surface area (Å²) in [5, 5.41) is 58.0. The van der Waals surface area contributed by atoms with E-state index in [9.17, 15) is 82.8 Å². The Morgan fingerprint density at radius 2 is 1.04 bits per heavy atom. The molecule has 0 aliphatic rings. The maximum atomic E-state index is 14.1. The normalized spacial score (nSPS) is 14.8. The van der Waals surface area contributed by atoms with Crippen LogP contribution in [-0.2, 0) is 75.2 Å². The molecule has 1 aromatic heterocycles. The first-order valence-electron chi connectivity index (χ1n) is 24.9. The van der Waals surface area contributed by atoms with Crippen molar-refractivity contribution >= 4 is 77.0 Å². The third kappa shape index (κ3) is 24.5. The van der Waals surface area contributed by atoms with E-state index < -0.39 is 182 Å². The number of carbonyl (C=O) groups excluding carboxylic acids is 10. The van der Waals surface area contributed by atoms with Crippen LogP contribution in [0.25, 0.3) is 0 Å². The number of aromatic amines is 1. The maximum Gasteiger partial charge on any atom is 0.326 e. The first-order valence-corrected chi connectivity index (χ1v) is 24.9. The highest BCUT2D eigenvalue weighted by Gasteiger charge is 2.38. The van der Waals surface area contributed by atoms with Gasteiger partial charge >= 0.3 is 17.9 Å². The Bertz CT molecular complexity index is 2440. The minimum atomic E-state index is -2.05. The number of nitrogens with one attached hydrogen (secondary N) is 9. The van der Waals surface area contributed by atoms with Crippen molar-refractivity contribution in [3.63, 3.8) is 0 Å². The van der Waals surface area contributed by atoms with Crippen LogP contribution in [0.4, 0.5) is 0 Å². The van der Waals surface area contributed by atoms with E-state index in [1.165, 1.54) is 26.4 Å². The van der Waals surface area contributed by atoms with Gasteiger partial charge in [0.25, 0.3) is 0 Å². The van der Waals surface area contributed by atoms with Gasteiger partial charge in [0, 0.05) is 37.6 Å². The summed E-state index contributed by atoms with van der Waals surface area (Å²) in [7, 11) is 0. The summed E-state index contributed by atoms with van der Waals surface area (Å²) in [5.41, 5.74) is 22.7. The molecular weight excluding hydrogens is 1040 g/mol. The third-order valence-electron chi connectivity index (χ3n) is 11.8. The zero-order valence-corrected chi connectivity index (χ0v) is 43.7. The van der Waals surface area contributed by atoms with Crippen LogP contribution < -0.4 is 65.5 Å². The van der Waals surface area contributed by atoms with E-state index in [-0.39, 0.29) is 25.0 Å². The predicted molar refractivity (Wildman–Crippen MR) is 274 cm³/mol. The van der Waals surface area contributed by atoms with E-state index in [1.54, 1.807) is 30.3 Å². The van der Waals surface area contributed by atoms with Crippen LogP contribution in [0.15, 0.2) is 42.9 Å². The molecule has 1 heterocycles. The molecule has 79 heavy (non-hydrogen) atoms. The number of aliphatic hydroxyl groups excluding tert-OH is 1. The summed E-state index contributed by atoms with van der Waals surface area (Å²) in [6, 6.07) is -6.92. The number of aromatic nitrogens is 2. The van der Waals surface area contributed by atoms with Crippen molar-refractivity contribution in [1.29, 1.82) is 0 Å². The topological polar surface area (TPSA) is 532 Å². The number of hydrogen-bond donors (Lipinski definition) is 17. The second-order valence-corrected chi connectivity index (χ2v) is 18.7. The molecule has 31 nitrogen and oxygen atoms in total. The molecule has 0 radical (unpaired) electrons. The van der Waals surface area contributed by atoms with E-state index in [0.717, 1.165) is 6.92 Å². The van der Waals surface area contributed by atoms with Gasteiger partial charge in [0.05, 0.1) is 31.3 Å². The van der Waals surface area contributed by atoms with Gasteiger partial charge in [-0.25, -0.2) is 9.78 Å². The number of H-pyrrole nitrogens is 1. The molecule has 0 aliphatic heterocycles. The van der Waals surface area contributed by atoms with E-state index in [4.69, 9.17) is 22.9 Å². The van der Waals surface area contributed by atoms with Gasteiger partial charge < -0.3 is 90.9 Å². The molecule has 2 rings (SSSR count). The lowest BCUT2D eigenvalue weighted by Gasteiger charge is -2.29. The molecule has 31 heteroatoms. The number of nitrogens with two attached hydrogens (primary N) is 4. The fourth-order valence-electron chi connectivity index (χ4n) is 7.47. The Hall–Kier alpha value is -8.58. The average Bonchev–Trinajstić information content (AvgIpc) is 3.90. The number of aliphatic hydroxyl groups is 1. The van der Waals surface area contributed by atoms with Gasteiger partial charge in [-0.2, -0.15) is 0 Å². The van der Waals surface area contributed by atoms with Gasteiger partial charge in [0.2, 0.25) is 59.1 Å². The minimum Gasteiger partial charge on any atom is -0.481 e. The number of benzene rings is 1. The number of nitrogens with zero attached hydrogens (tertiary/aromatic N) is 1. The second-order valence-electron chi connectivity index (χ2n) is 18.7. The van der Waals surface area contributed by atoms with Crippen molar-refractivity contribution in [3.8, 4) is 0 Å². The number of amides is 10. The minimum absolute atomic E-state index is 0.168. The van der Waals surface area contributed by atoms with Gasteiger partial charge in [0.1, 0.15) is 48.3 Å². The molecule has 436 valence electrons. The number of rotatable bonds is 37. The Balaban J connectivity index is 2.42. The molecule has 0 unspecified atom stereocenters. The third-order valence-corrected chi connectivity index (χ3v) is 11.8. The highest BCUT2D eigenvalue weighted by molar-refractivity contribution is 5.99. The lowest BCUT2D eigenvalue weighted by molar-refractivity contribution is -0.144. The molecule has 0 saturated heterocycles. The summed E-state index contributed by atoms with van der Waals surface area (Å²) >= 11 is 0. The summed E-state index contributed by atoms with van der Waals surface area (Å²) in [6.45, 7) is 4.24. The molecule has 1 aromatic carbocycles. The molecule has 10 amide bonds. The highest BCUT2D eigenvalue weighted by Crippen LogP contribution is 2.11. The molecule has 0 spiro atoms. The predicted octanol–water partition coefficient (Wildman–Crippen LogP) is -5.87. The number of carboxylic acids is 3. The standard InChI is InChI=1S/C48H72N14O17/c1-23(2)38(46(76)58-31(18-26-21-53-22-54-26)44(74)57-30(17-25-9-5-4-6-10-25)43(73)60-33(48(78)79)19-35(52)65)61-45(75)32(20-37(68)69)59-47(77)39(24(3)63)62-42(72)29(13-15-36(66)67)56-41(71)28(12-14-34(51)64)55-40(70)27(50)11-7-8-16-49/h4-6,9-10,21-24,27-33,38-39,63H,7-8,11-20,49-50H2,1-3H3,(H2,51,64)(H2,52,65)(H,53,54)(H,55,70)(H,56,71)(H,57,74)(H,58,76)(H,59,77)(H,60,73)(H,61,75)(H,62,72)(H,66,67)(H,68,69)(H,78,79)/t24-,27+,28+,29+,30+,31+,32+,33+,38+,39+/m1/s1. The zero-order valence-electron chi connectivity index (χ0n) is 43.7. The number of unbranched alkanes of at least 4 members (excludes halogenated alkanes) is 1. The Labute approximate surface area is 452 Å². The lowest BCUT2D eigenvalue weighted by Crippen LogP contribution is -2.62. The summed E-state index contributed by atoms with van der Waals surface area (Å²) < 4.78 is 0. The molecule has 0 fully saturated rings. The van der Waals surface area contributed by atoms with E-state index in [2.05, 4.69) is 52.5 Å². The monoisotopic (exact) mass is 1120 g/mol. The summed E-state index contributed by atoms with van der Waals surface area (Å²) in [6.07, 6.45) is -2.81. The van der Waals surface area contributed by atoms with Crippen molar-refractivity contribution in [2.45, 2.75) is 152 Å². The van der Waals surface area contributed by atoms with E-state index in [0.29, 0.717) is 24.9 Å².